The Morgan fingerprint density at radius 3 is 2.65 bits per heavy atom. The van der Waals surface area contributed by atoms with E-state index in [2.05, 4.69) is 17.5 Å². The summed E-state index contributed by atoms with van der Waals surface area (Å²) in [5.41, 5.74) is 5.80. The molecule has 0 bridgehead atoms. The van der Waals surface area contributed by atoms with Crippen LogP contribution in [0.2, 0.25) is 0 Å². The maximum Gasteiger partial charge on any atom is 0.280 e. The van der Waals surface area contributed by atoms with Crippen LogP contribution >= 0.6 is 0 Å². The molecule has 0 heterocycles. The standard InChI is InChI=1S/C16H24N2O2/c1-6-7-13(4)17-18-16(19)14(5)20-15-9-8-11(2)12(3)10-15/h8-10,14H,6-7H2,1-5H3,(H,18,19)/b17-13+. The lowest BCUT2D eigenvalue weighted by Gasteiger charge is -2.14. The maximum absolute atomic E-state index is 11.9. The van der Waals surface area contributed by atoms with Crippen LogP contribution in [0, 0.1) is 13.8 Å². The van der Waals surface area contributed by atoms with Gasteiger partial charge in [0.15, 0.2) is 6.10 Å². The Kier molecular flexibility index (Phi) is 6.22. The number of hydrogen-bond donors (Lipinski definition) is 1. The second-order valence-corrected chi connectivity index (χ2v) is 5.08. The topological polar surface area (TPSA) is 50.7 Å². The summed E-state index contributed by atoms with van der Waals surface area (Å²) in [6.45, 7) is 9.76. The molecule has 1 aromatic rings. The molecule has 1 aromatic carbocycles. The first-order valence-corrected chi connectivity index (χ1v) is 7.01. The van der Waals surface area contributed by atoms with E-state index in [9.17, 15) is 4.79 Å². The SMILES string of the molecule is CCC/C(C)=N/NC(=O)C(C)Oc1ccc(C)c(C)c1. The van der Waals surface area contributed by atoms with E-state index in [0.717, 1.165) is 24.1 Å². The smallest absolute Gasteiger partial charge is 0.280 e. The normalized spacial score (nSPS) is 12.9. The van der Waals surface area contributed by atoms with Crippen molar-refractivity contribution in [2.45, 2.75) is 53.6 Å². The summed E-state index contributed by atoms with van der Waals surface area (Å²) in [7, 11) is 0. The molecule has 0 aromatic heterocycles. The van der Waals surface area contributed by atoms with Crippen molar-refractivity contribution in [1.82, 2.24) is 5.43 Å². The lowest BCUT2D eigenvalue weighted by Crippen LogP contribution is -2.33. The number of amides is 1. The summed E-state index contributed by atoms with van der Waals surface area (Å²) in [4.78, 5) is 11.9. The van der Waals surface area contributed by atoms with Gasteiger partial charge in [-0.3, -0.25) is 4.79 Å². The molecule has 0 aliphatic heterocycles. The van der Waals surface area contributed by atoms with Crippen molar-refractivity contribution in [3.63, 3.8) is 0 Å². The van der Waals surface area contributed by atoms with Crippen molar-refractivity contribution in [2.75, 3.05) is 0 Å². The molecule has 0 fully saturated rings. The lowest BCUT2D eigenvalue weighted by atomic mass is 10.1. The molecule has 0 aliphatic rings. The highest BCUT2D eigenvalue weighted by Crippen LogP contribution is 2.17. The number of nitrogens with zero attached hydrogens (tertiary/aromatic N) is 1. The van der Waals surface area contributed by atoms with Gasteiger partial charge in [-0.2, -0.15) is 5.10 Å². The highest BCUT2D eigenvalue weighted by Gasteiger charge is 2.14. The number of nitrogens with one attached hydrogen (secondary N) is 1. The fourth-order valence-electron chi connectivity index (χ4n) is 1.70. The van der Waals surface area contributed by atoms with Gasteiger partial charge in [0.1, 0.15) is 5.75 Å². The van der Waals surface area contributed by atoms with Gasteiger partial charge in [0.2, 0.25) is 0 Å². The van der Waals surface area contributed by atoms with E-state index in [1.54, 1.807) is 6.92 Å². The molecule has 0 radical (unpaired) electrons. The second kappa shape index (κ2) is 7.68. The van der Waals surface area contributed by atoms with Crippen LogP contribution in [-0.2, 0) is 4.79 Å². The first-order chi connectivity index (χ1) is 9.43. The molecule has 4 heteroatoms. The molecule has 110 valence electrons. The number of rotatable bonds is 6. The van der Waals surface area contributed by atoms with Crippen molar-refractivity contribution in [1.29, 1.82) is 0 Å². The molecule has 1 amide bonds. The molecule has 1 atom stereocenters. The van der Waals surface area contributed by atoms with Crippen LogP contribution in [0.1, 0.15) is 44.7 Å². The van der Waals surface area contributed by atoms with E-state index >= 15 is 0 Å². The third kappa shape index (κ3) is 5.03. The molecule has 1 N–H and O–H groups in total. The van der Waals surface area contributed by atoms with E-state index in [1.807, 2.05) is 39.0 Å². The predicted molar refractivity (Wildman–Crippen MR) is 82.2 cm³/mol. The maximum atomic E-state index is 11.9. The minimum atomic E-state index is -0.574. The van der Waals surface area contributed by atoms with Crippen LogP contribution in [-0.4, -0.2) is 17.7 Å². The van der Waals surface area contributed by atoms with Crippen molar-refractivity contribution in [3.05, 3.63) is 29.3 Å². The van der Waals surface area contributed by atoms with Gasteiger partial charge in [-0.15, -0.1) is 0 Å². The first-order valence-electron chi connectivity index (χ1n) is 7.01. The van der Waals surface area contributed by atoms with Gasteiger partial charge < -0.3 is 4.74 Å². The minimum Gasteiger partial charge on any atom is -0.481 e. The third-order valence-corrected chi connectivity index (χ3v) is 3.13. The van der Waals surface area contributed by atoms with E-state index in [-0.39, 0.29) is 5.91 Å². The predicted octanol–water partition coefficient (Wildman–Crippen LogP) is 3.36. The average molecular weight is 276 g/mol. The van der Waals surface area contributed by atoms with Gasteiger partial charge in [-0.1, -0.05) is 19.4 Å². The highest BCUT2D eigenvalue weighted by atomic mass is 16.5. The largest absolute Gasteiger partial charge is 0.481 e. The molecule has 0 aliphatic carbocycles. The van der Waals surface area contributed by atoms with E-state index in [4.69, 9.17) is 4.74 Å². The zero-order valence-corrected chi connectivity index (χ0v) is 13.0. The summed E-state index contributed by atoms with van der Waals surface area (Å²) >= 11 is 0. The molecule has 0 saturated carbocycles. The molecule has 20 heavy (non-hydrogen) atoms. The van der Waals surface area contributed by atoms with Crippen molar-refractivity contribution in [3.8, 4) is 5.75 Å². The van der Waals surface area contributed by atoms with Crippen LogP contribution < -0.4 is 10.2 Å². The van der Waals surface area contributed by atoms with E-state index in [1.165, 1.54) is 5.56 Å². The number of benzene rings is 1. The summed E-state index contributed by atoms with van der Waals surface area (Å²) in [6, 6.07) is 5.79. The fourth-order valence-corrected chi connectivity index (χ4v) is 1.70. The third-order valence-electron chi connectivity index (χ3n) is 3.13. The van der Waals surface area contributed by atoms with Gasteiger partial charge in [-0.25, -0.2) is 5.43 Å². The zero-order valence-electron chi connectivity index (χ0n) is 13.0. The Labute approximate surface area is 121 Å². The molecule has 0 saturated heterocycles. The van der Waals surface area contributed by atoms with Gasteiger partial charge >= 0.3 is 0 Å². The van der Waals surface area contributed by atoms with Crippen LogP contribution in [0.5, 0.6) is 5.75 Å². The van der Waals surface area contributed by atoms with Crippen LogP contribution in [0.15, 0.2) is 23.3 Å². The number of hydrazone groups is 1. The van der Waals surface area contributed by atoms with Crippen LogP contribution in [0.25, 0.3) is 0 Å². The molecule has 1 rings (SSSR count). The van der Waals surface area contributed by atoms with Crippen molar-refractivity contribution >= 4 is 11.6 Å². The fraction of sp³-hybridized carbons (Fsp3) is 0.500. The number of carbonyl (C=O) groups is 1. The van der Waals surface area contributed by atoms with Crippen molar-refractivity contribution < 1.29 is 9.53 Å². The number of aryl methyl sites for hydroxylation is 2. The van der Waals surface area contributed by atoms with Crippen LogP contribution in [0.4, 0.5) is 0 Å². The molecule has 0 spiro atoms. The van der Waals surface area contributed by atoms with E-state index in [0.29, 0.717) is 5.75 Å². The highest BCUT2D eigenvalue weighted by molar-refractivity contribution is 5.85. The Morgan fingerprint density at radius 2 is 2.05 bits per heavy atom. The Hall–Kier alpha value is -1.84. The summed E-state index contributed by atoms with van der Waals surface area (Å²) in [5.74, 6) is 0.462. The Balaban J connectivity index is 2.57. The van der Waals surface area contributed by atoms with Gasteiger partial charge in [0, 0.05) is 5.71 Å². The number of ether oxygens (including phenoxy) is 1. The number of carbonyl (C=O) groups excluding carboxylic acids is 1. The molecule has 1 unspecified atom stereocenters. The van der Waals surface area contributed by atoms with Gasteiger partial charge in [0.25, 0.3) is 5.91 Å². The molecular weight excluding hydrogens is 252 g/mol. The second-order valence-electron chi connectivity index (χ2n) is 5.08. The van der Waals surface area contributed by atoms with Gasteiger partial charge in [0.05, 0.1) is 0 Å². The minimum absolute atomic E-state index is 0.237. The molecule has 4 nitrogen and oxygen atoms in total. The van der Waals surface area contributed by atoms with Crippen LogP contribution in [0.3, 0.4) is 0 Å². The number of hydrogen-bond acceptors (Lipinski definition) is 3. The zero-order chi connectivity index (χ0) is 15.1. The lowest BCUT2D eigenvalue weighted by molar-refractivity contribution is -0.127. The monoisotopic (exact) mass is 276 g/mol. The average Bonchev–Trinajstić information content (AvgIpc) is 2.40. The molecular formula is C16H24N2O2. The summed E-state index contributed by atoms with van der Waals surface area (Å²) in [5, 5.41) is 4.05. The summed E-state index contributed by atoms with van der Waals surface area (Å²) in [6.07, 6.45) is 1.32. The first kappa shape index (κ1) is 16.2. The van der Waals surface area contributed by atoms with E-state index < -0.39 is 6.10 Å². The Bertz CT molecular complexity index is 495. The summed E-state index contributed by atoms with van der Waals surface area (Å²) < 4.78 is 5.62. The van der Waals surface area contributed by atoms with Crippen molar-refractivity contribution in [2.24, 2.45) is 5.10 Å². The quantitative estimate of drug-likeness (QED) is 0.640. The van der Waals surface area contributed by atoms with Gasteiger partial charge in [-0.05, 0) is 57.4 Å². The Morgan fingerprint density at radius 1 is 1.35 bits per heavy atom.